The van der Waals surface area contributed by atoms with Gasteiger partial charge in [0, 0.05) is 0 Å². The van der Waals surface area contributed by atoms with E-state index in [9.17, 15) is 0 Å². The molecule has 0 saturated heterocycles. The normalized spacial score (nSPS) is 10.7. The number of benzene rings is 1. The second-order valence-electron chi connectivity index (χ2n) is 2.87. The first-order valence-electron chi connectivity index (χ1n) is 4.19. The zero-order chi connectivity index (χ0) is 8.97. The van der Waals surface area contributed by atoms with Crippen LogP contribution >= 0.6 is 0 Å². The van der Waals surface area contributed by atoms with Crippen molar-refractivity contribution in [2.24, 2.45) is 0 Å². The molecule has 0 aliphatic rings. The molecule has 0 fully saturated rings. The summed E-state index contributed by atoms with van der Waals surface area (Å²) < 4.78 is 0. The molecule has 0 aliphatic carbocycles. The maximum Gasteiger partial charge on any atom is 0.0833 e. The van der Waals surface area contributed by atoms with Crippen molar-refractivity contribution < 1.29 is 0 Å². The lowest BCUT2D eigenvalue weighted by Gasteiger charge is -2.17. The van der Waals surface area contributed by atoms with Gasteiger partial charge in [-0.1, -0.05) is 24.3 Å². The van der Waals surface area contributed by atoms with Crippen molar-refractivity contribution >= 4 is 0 Å². The fraction of sp³-hybridized carbons (Fsp3) is 0.400. The summed E-state index contributed by atoms with van der Waals surface area (Å²) in [6.45, 7) is 2.12. The minimum Gasteiger partial charge on any atom is -0.301 e. The first-order valence-corrected chi connectivity index (χ1v) is 4.19. The van der Waals surface area contributed by atoms with Crippen molar-refractivity contribution in [3.63, 3.8) is 0 Å². The van der Waals surface area contributed by atoms with Crippen LogP contribution in [0.25, 0.3) is 0 Å². The van der Waals surface area contributed by atoms with Gasteiger partial charge in [-0.15, -0.1) is 0 Å². The van der Waals surface area contributed by atoms with E-state index >= 15 is 0 Å². The predicted molar refractivity (Wildman–Crippen MR) is 52.0 cm³/mol. The number of rotatable bonds is 3. The Morgan fingerprint density at radius 1 is 1.08 bits per heavy atom. The Bertz CT molecular complexity index is 241. The van der Waals surface area contributed by atoms with Crippen LogP contribution in [0.2, 0.25) is 0 Å². The van der Waals surface area contributed by atoms with Gasteiger partial charge in [0.05, 0.1) is 6.17 Å². The summed E-state index contributed by atoms with van der Waals surface area (Å²) >= 11 is 0. The standard InChI is InChI=1S/C10H16N2/c1-8-6-4-5-7-9(8)10(11-2)12-3/h4-7,10-12H,1-3H3. The lowest BCUT2D eigenvalue weighted by molar-refractivity contribution is 0.517. The van der Waals surface area contributed by atoms with Gasteiger partial charge in [-0.3, -0.25) is 0 Å². The van der Waals surface area contributed by atoms with Gasteiger partial charge in [0.25, 0.3) is 0 Å². The van der Waals surface area contributed by atoms with E-state index in [4.69, 9.17) is 0 Å². The van der Waals surface area contributed by atoms with Crippen LogP contribution in [0, 0.1) is 6.92 Å². The van der Waals surface area contributed by atoms with Crippen LogP contribution in [0.1, 0.15) is 17.3 Å². The van der Waals surface area contributed by atoms with Crippen molar-refractivity contribution in [2.45, 2.75) is 13.1 Å². The molecule has 2 N–H and O–H groups in total. The van der Waals surface area contributed by atoms with Crippen LogP contribution in [-0.4, -0.2) is 14.1 Å². The van der Waals surface area contributed by atoms with Crippen LogP contribution < -0.4 is 10.6 Å². The molecule has 0 atom stereocenters. The zero-order valence-corrected chi connectivity index (χ0v) is 7.89. The van der Waals surface area contributed by atoms with E-state index in [0.717, 1.165) is 0 Å². The number of nitrogens with one attached hydrogen (secondary N) is 2. The summed E-state index contributed by atoms with van der Waals surface area (Å²) in [7, 11) is 3.90. The molecular formula is C10H16N2. The third-order valence-corrected chi connectivity index (χ3v) is 2.08. The fourth-order valence-electron chi connectivity index (χ4n) is 1.37. The first-order chi connectivity index (χ1) is 5.79. The molecule has 1 aromatic rings. The molecule has 0 radical (unpaired) electrons. The molecule has 12 heavy (non-hydrogen) atoms. The topological polar surface area (TPSA) is 24.1 Å². The summed E-state index contributed by atoms with van der Waals surface area (Å²) in [5.41, 5.74) is 2.62. The smallest absolute Gasteiger partial charge is 0.0833 e. The van der Waals surface area contributed by atoms with Gasteiger partial charge in [-0.25, -0.2) is 0 Å². The predicted octanol–water partition coefficient (Wildman–Crippen LogP) is 1.43. The summed E-state index contributed by atoms with van der Waals surface area (Å²) in [4.78, 5) is 0. The molecule has 0 amide bonds. The van der Waals surface area contributed by atoms with Crippen LogP contribution in [0.5, 0.6) is 0 Å². The maximum atomic E-state index is 3.20. The largest absolute Gasteiger partial charge is 0.301 e. The monoisotopic (exact) mass is 164 g/mol. The molecule has 0 unspecified atom stereocenters. The quantitative estimate of drug-likeness (QED) is 0.660. The Kier molecular flexibility index (Phi) is 3.26. The second-order valence-corrected chi connectivity index (χ2v) is 2.87. The molecule has 1 aromatic carbocycles. The fourth-order valence-corrected chi connectivity index (χ4v) is 1.37. The van der Waals surface area contributed by atoms with Crippen molar-refractivity contribution in [3.8, 4) is 0 Å². The molecule has 0 aliphatic heterocycles. The van der Waals surface area contributed by atoms with E-state index in [1.54, 1.807) is 0 Å². The van der Waals surface area contributed by atoms with Crippen molar-refractivity contribution in [3.05, 3.63) is 35.4 Å². The van der Waals surface area contributed by atoms with Gasteiger partial charge >= 0.3 is 0 Å². The first kappa shape index (κ1) is 9.23. The van der Waals surface area contributed by atoms with Crippen molar-refractivity contribution in [1.82, 2.24) is 10.6 Å². The third-order valence-electron chi connectivity index (χ3n) is 2.08. The van der Waals surface area contributed by atoms with Gasteiger partial charge in [-0.05, 0) is 32.1 Å². The number of hydrogen-bond donors (Lipinski definition) is 2. The highest BCUT2D eigenvalue weighted by atomic mass is 15.1. The molecule has 0 spiro atoms. The summed E-state index contributed by atoms with van der Waals surface area (Å²) in [5, 5.41) is 6.40. The van der Waals surface area contributed by atoms with Crippen LogP contribution in [0.4, 0.5) is 0 Å². The SMILES string of the molecule is CNC(NC)c1ccccc1C. The Morgan fingerprint density at radius 3 is 2.17 bits per heavy atom. The van der Waals surface area contributed by atoms with Gasteiger partial charge in [-0.2, -0.15) is 0 Å². The van der Waals surface area contributed by atoms with Gasteiger partial charge in [0.1, 0.15) is 0 Å². The molecule has 66 valence electrons. The van der Waals surface area contributed by atoms with Gasteiger partial charge < -0.3 is 10.6 Å². The average molecular weight is 164 g/mol. The van der Waals surface area contributed by atoms with Crippen LogP contribution in [-0.2, 0) is 0 Å². The summed E-state index contributed by atoms with van der Waals surface area (Å²) in [6, 6.07) is 8.37. The molecule has 2 nitrogen and oxygen atoms in total. The minimum absolute atomic E-state index is 0.256. The van der Waals surface area contributed by atoms with E-state index in [1.807, 2.05) is 14.1 Å². The highest BCUT2D eigenvalue weighted by Crippen LogP contribution is 2.13. The summed E-state index contributed by atoms with van der Waals surface area (Å²) in [5.74, 6) is 0. The van der Waals surface area contributed by atoms with Crippen molar-refractivity contribution in [1.29, 1.82) is 0 Å². The Balaban J connectivity index is 2.92. The van der Waals surface area contributed by atoms with Gasteiger partial charge in [0.2, 0.25) is 0 Å². The van der Waals surface area contributed by atoms with Gasteiger partial charge in [0.15, 0.2) is 0 Å². The molecule has 0 bridgehead atoms. The lowest BCUT2D eigenvalue weighted by atomic mass is 10.1. The zero-order valence-electron chi connectivity index (χ0n) is 7.89. The third kappa shape index (κ3) is 1.84. The number of hydrogen-bond acceptors (Lipinski definition) is 2. The van der Waals surface area contributed by atoms with E-state index in [1.165, 1.54) is 11.1 Å². The lowest BCUT2D eigenvalue weighted by Crippen LogP contribution is -2.29. The summed E-state index contributed by atoms with van der Waals surface area (Å²) in [6.07, 6.45) is 0.256. The van der Waals surface area contributed by atoms with Crippen molar-refractivity contribution in [2.75, 3.05) is 14.1 Å². The minimum atomic E-state index is 0.256. The molecular weight excluding hydrogens is 148 g/mol. The average Bonchev–Trinajstić information content (AvgIpc) is 2.10. The Hall–Kier alpha value is -0.860. The van der Waals surface area contributed by atoms with E-state index in [2.05, 4.69) is 41.8 Å². The molecule has 0 saturated carbocycles. The van der Waals surface area contributed by atoms with E-state index in [0.29, 0.717) is 0 Å². The van der Waals surface area contributed by atoms with Crippen LogP contribution in [0.3, 0.4) is 0 Å². The highest BCUT2D eigenvalue weighted by Gasteiger charge is 2.06. The van der Waals surface area contributed by atoms with Crippen LogP contribution in [0.15, 0.2) is 24.3 Å². The van der Waals surface area contributed by atoms with E-state index in [-0.39, 0.29) is 6.17 Å². The Morgan fingerprint density at radius 2 is 1.67 bits per heavy atom. The molecule has 2 heteroatoms. The second kappa shape index (κ2) is 4.24. The highest BCUT2D eigenvalue weighted by molar-refractivity contribution is 5.28. The molecule has 1 rings (SSSR count). The molecule has 0 aromatic heterocycles. The Labute approximate surface area is 74.0 Å². The van der Waals surface area contributed by atoms with E-state index < -0.39 is 0 Å². The number of aryl methyl sites for hydroxylation is 1. The molecule has 0 heterocycles. The maximum absolute atomic E-state index is 3.20.